The number of aryl methyl sites for hydroxylation is 1. The second-order valence-corrected chi connectivity index (χ2v) is 12.3. The zero-order valence-corrected chi connectivity index (χ0v) is 31.7. The molecule has 0 spiro atoms. The molecular weight excluding hydrogens is 652 g/mol. The molecule has 1 atom stereocenters. The van der Waals surface area contributed by atoms with E-state index in [0.717, 1.165) is 35.2 Å². The standard InChI is InChI=1S/C36H42N6O4.C4H8.C2H6/c1-5-31-23(4)40-19-28(31)18-32(35(44)41-20-33(37)43)42(36(45)27-11-9-26(10-12-27)34(38)39)21-24-7-6-8-30(17-24)46-29-15-13-25(14-16-29)22(2)3;1-3-4-2;1-2/h6-17,19,22,32,40H,5,18,20-21H2,1-4H3,(H2,37,43)(H3,38,39)(H,41,44);3H,1,4H2,2H3;1-2H3. The Labute approximate surface area is 309 Å². The Hall–Kier alpha value is -5.64. The number of benzene rings is 3. The van der Waals surface area contributed by atoms with Crippen LogP contribution >= 0.6 is 0 Å². The van der Waals surface area contributed by atoms with Crippen molar-refractivity contribution < 1.29 is 19.1 Å². The number of H-pyrrole nitrogens is 1. The summed E-state index contributed by atoms with van der Waals surface area (Å²) < 4.78 is 6.15. The van der Waals surface area contributed by atoms with Gasteiger partial charge in [0.05, 0.1) is 6.54 Å². The zero-order chi connectivity index (χ0) is 38.8. The van der Waals surface area contributed by atoms with Crippen molar-refractivity contribution in [1.82, 2.24) is 15.2 Å². The molecule has 10 nitrogen and oxygen atoms in total. The van der Waals surface area contributed by atoms with Gasteiger partial charge in [-0.3, -0.25) is 19.8 Å². The van der Waals surface area contributed by atoms with Gasteiger partial charge < -0.3 is 31.4 Å². The van der Waals surface area contributed by atoms with Crippen molar-refractivity contribution in [1.29, 1.82) is 5.41 Å². The van der Waals surface area contributed by atoms with Gasteiger partial charge in [0, 0.05) is 36.0 Å². The molecule has 1 heterocycles. The molecule has 0 aliphatic carbocycles. The van der Waals surface area contributed by atoms with Crippen LogP contribution in [0.25, 0.3) is 0 Å². The molecule has 3 aromatic carbocycles. The summed E-state index contributed by atoms with van der Waals surface area (Å²) in [5.41, 5.74) is 16.7. The van der Waals surface area contributed by atoms with E-state index in [1.54, 1.807) is 24.3 Å². The third-order valence-corrected chi connectivity index (χ3v) is 8.21. The number of primary amides is 1. The fourth-order valence-corrected chi connectivity index (χ4v) is 5.37. The molecule has 1 aromatic heterocycles. The molecule has 4 aromatic rings. The van der Waals surface area contributed by atoms with E-state index < -0.39 is 23.8 Å². The molecule has 0 aliphatic heterocycles. The molecule has 7 N–H and O–H groups in total. The molecule has 4 rings (SSSR count). The highest BCUT2D eigenvalue weighted by Crippen LogP contribution is 2.27. The summed E-state index contributed by atoms with van der Waals surface area (Å²) in [6, 6.07) is 20.7. The summed E-state index contributed by atoms with van der Waals surface area (Å²) in [6.45, 7) is 17.5. The topological polar surface area (TPSA) is 167 Å². The van der Waals surface area contributed by atoms with E-state index in [0.29, 0.717) is 28.5 Å². The Kier molecular flexibility index (Phi) is 17.6. The van der Waals surface area contributed by atoms with E-state index >= 15 is 0 Å². The second-order valence-electron chi connectivity index (χ2n) is 12.3. The summed E-state index contributed by atoms with van der Waals surface area (Å²) in [7, 11) is 0. The Bertz CT molecular complexity index is 1760. The van der Waals surface area contributed by atoms with Gasteiger partial charge in [-0.15, -0.1) is 6.58 Å². The number of nitrogens with two attached hydrogens (primary N) is 2. The van der Waals surface area contributed by atoms with Gasteiger partial charge in [0.15, 0.2) is 0 Å². The maximum atomic E-state index is 14.3. The van der Waals surface area contributed by atoms with E-state index in [4.69, 9.17) is 21.6 Å². The van der Waals surface area contributed by atoms with Crippen molar-refractivity contribution in [2.75, 3.05) is 6.54 Å². The molecule has 0 radical (unpaired) electrons. The Morgan fingerprint density at radius 2 is 1.58 bits per heavy atom. The van der Waals surface area contributed by atoms with E-state index in [9.17, 15) is 14.4 Å². The van der Waals surface area contributed by atoms with Crippen molar-refractivity contribution in [2.24, 2.45) is 11.5 Å². The molecule has 0 saturated carbocycles. The van der Waals surface area contributed by atoms with Crippen LogP contribution in [0, 0.1) is 12.3 Å². The molecule has 0 saturated heterocycles. The quantitative estimate of drug-likeness (QED) is 0.0488. The third-order valence-electron chi connectivity index (χ3n) is 8.21. The number of nitrogens with one attached hydrogen (secondary N) is 3. The molecule has 0 aliphatic rings. The van der Waals surface area contributed by atoms with Crippen molar-refractivity contribution in [3.63, 3.8) is 0 Å². The number of allylic oxidation sites excluding steroid dienone is 1. The number of nitrogens with zero attached hydrogens (tertiary/aromatic N) is 1. The van der Waals surface area contributed by atoms with Crippen LogP contribution < -0.4 is 21.5 Å². The number of nitrogen functional groups attached to an aromatic ring is 1. The number of ether oxygens (including phenoxy) is 1. The van der Waals surface area contributed by atoms with Gasteiger partial charge in [-0.1, -0.05) is 84.0 Å². The minimum Gasteiger partial charge on any atom is -0.457 e. The lowest BCUT2D eigenvalue weighted by Gasteiger charge is -2.31. The van der Waals surface area contributed by atoms with Crippen LogP contribution in [-0.4, -0.2) is 46.0 Å². The smallest absolute Gasteiger partial charge is 0.254 e. The lowest BCUT2D eigenvalue weighted by molar-refractivity contribution is -0.128. The number of rotatable bonds is 15. The van der Waals surface area contributed by atoms with Crippen molar-refractivity contribution in [2.45, 2.75) is 86.2 Å². The van der Waals surface area contributed by atoms with E-state index in [1.165, 1.54) is 10.5 Å². The fraction of sp³-hybridized carbons (Fsp3) is 0.333. The number of amidine groups is 1. The van der Waals surface area contributed by atoms with Crippen LogP contribution in [0.4, 0.5) is 0 Å². The number of amides is 3. The third kappa shape index (κ3) is 12.6. The monoisotopic (exact) mass is 708 g/mol. The highest BCUT2D eigenvalue weighted by atomic mass is 16.5. The van der Waals surface area contributed by atoms with E-state index in [1.807, 2.05) is 88.5 Å². The minimum atomic E-state index is -0.993. The lowest BCUT2D eigenvalue weighted by atomic mass is 9.98. The first-order valence-corrected chi connectivity index (χ1v) is 17.8. The van der Waals surface area contributed by atoms with Crippen LogP contribution in [0.3, 0.4) is 0 Å². The zero-order valence-electron chi connectivity index (χ0n) is 31.7. The van der Waals surface area contributed by atoms with Gasteiger partial charge in [-0.2, -0.15) is 0 Å². The van der Waals surface area contributed by atoms with E-state index in [2.05, 4.69) is 37.7 Å². The Morgan fingerprint density at radius 1 is 0.962 bits per heavy atom. The number of aromatic amines is 1. The predicted molar refractivity (Wildman–Crippen MR) is 211 cm³/mol. The summed E-state index contributed by atoms with van der Waals surface area (Å²) in [6.07, 6.45) is 5.75. The number of hydrogen-bond donors (Lipinski definition) is 5. The second kappa shape index (κ2) is 21.5. The Balaban J connectivity index is 0.00000146. The highest BCUT2D eigenvalue weighted by molar-refractivity contribution is 6.00. The van der Waals surface area contributed by atoms with Gasteiger partial charge in [-0.25, -0.2) is 0 Å². The minimum absolute atomic E-state index is 0.0658. The number of carbonyl (C=O) groups is 3. The summed E-state index contributed by atoms with van der Waals surface area (Å²) >= 11 is 0. The van der Waals surface area contributed by atoms with Crippen molar-refractivity contribution >= 4 is 23.6 Å². The normalized spacial score (nSPS) is 10.8. The molecule has 0 bridgehead atoms. The summed E-state index contributed by atoms with van der Waals surface area (Å²) in [4.78, 5) is 44.4. The molecular formula is C42H56N6O4. The van der Waals surface area contributed by atoms with E-state index in [-0.39, 0.29) is 25.3 Å². The molecule has 52 heavy (non-hydrogen) atoms. The van der Waals surface area contributed by atoms with Crippen LogP contribution in [-0.2, 0) is 29.0 Å². The van der Waals surface area contributed by atoms with Crippen LogP contribution in [0.2, 0.25) is 0 Å². The SMILES string of the molecule is C=CCC.CC.CCc1c(CC(C(=O)NCC(N)=O)N(Cc2cccc(Oc3ccc(C(C)C)cc3)c2)C(=O)c2ccc(C(=N)N)cc2)c[nH]c1C. The largest absolute Gasteiger partial charge is 0.457 e. The summed E-state index contributed by atoms with van der Waals surface area (Å²) in [5, 5.41) is 10.3. The molecule has 3 amide bonds. The van der Waals surface area contributed by atoms with Crippen LogP contribution in [0.5, 0.6) is 11.5 Å². The maximum absolute atomic E-state index is 14.3. The molecule has 10 heteroatoms. The van der Waals surface area contributed by atoms with Crippen LogP contribution in [0.1, 0.15) is 97.8 Å². The summed E-state index contributed by atoms with van der Waals surface area (Å²) in [5.74, 6) is -0.0681. The number of hydrogen-bond acceptors (Lipinski definition) is 5. The fourth-order valence-electron chi connectivity index (χ4n) is 5.37. The van der Waals surface area contributed by atoms with Crippen molar-refractivity contribution in [3.8, 4) is 11.5 Å². The average Bonchev–Trinajstić information content (AvgIpc) is 3.51. The molecule has 1 unspecified atom stereocenters. The lowest BCUT2D eigenvalue weighted by Crippen LogP contribution is -2.51. The van der Waals surface area contributed by atoms with Gasteiger partial charge in [0.25, 0.3) is 5.91 Å². The molecule has 278 valence electrons. The maximum Gasteiger partial charge on any atom is 0.254 e. The first kappa shape index (κ1) is 42.5. The number of aromatic nitrogens is 1. The van der Waals surface area contributed by atoms with Gasteiger partial charge in [0.2, 0.25) is 11.8 Å². The van der Waals surface area contributed by atoms with Gasteiger partial charge in [-0.05, 0) is 84.3 Å². The highest BCUT2D eigenvalue weighted by Gasteiger charge is 2.32. The first-order valence-electron chi connectivity index (χ1n) is 17.8. The number of carbonyl (C=O) groups excluding carboxylic acids is 3. The van der Waals surface area contributed by atoms with Gasteiger partial charge in [0.1, 0.15) is 23.4 Å². The Morgan fingerprint density at radius 3 is 2.12 bits per heavy atom. The molecule has 0 fully saturated rings. The first-order chi connectivity index (χ1) is 24.9. The van der Waals surface area contributed by atoms with Crippen molar-refractivity contribution in [3.05, 3.63) is 131 Å². The van der Waals surface area contributed by atoms with Gasteiger partial charge >= 0.3 is 0 Å². The predicted octanol–water partition coefficient (Wildman–Crippen LogP) is 7.55. The average molecular weight is 709 g/mol. The van der Waals surface area contributed by atoms with Crippen LogP contribution in [0.15, 0.2) is 91.6 Å².